The van der Waals surface area contributed by atoms with Crippen molar-refractivity contribution in [3.05, 3.63) is 24.3 Å². The van der Waals surface area contributed by atoms with Gasteiger partial charge in [0.05, 0.1) is 11.5 Å². The van der Waals surface area contributed by atoms with E-state index in [-0.39, 0.29) is 6.04 Å². The lowest BCUT2D eigenvalue weighted by Crippen LogP contribution is -2.47. The molecule has 3 rings (SSSR count). The molecule has 2 saturated heterocycles. The smallest absolute Gasteiger partial charge is 0.240 e. The largest absolute Gasteiger partial charge is 0.494 e. The molecule has 22 heavy (non-hydrogen) atoms. The number of piperidine rings is 1. The van der Waals surface area contributed by atoms with Crippen molar-refractivity contribution in [3.63, 3.8) is 0 Å². The Morgan fingerprint density at radius 1 is 1.18 bits per heavy atom. The first-order valence-corrected chi connectivity index (χ1v) is 9.56. The van der Waals surface area contributed by atoms with Gasteiger partial charge in [-0.2, -0.15) is 0 Å². The third-order valence-corrected chi connectivity index (χ3v) is 5.94. The second kappa shape index (κ2) is 6.56. The van der Waals surface area contributed by atoms with Gasteiger partial charge in [0.2, 0.25) is 10.0 Å². The van der Waals surface area contributed by atoms with Crippen LogP contribution in [0, 0.1) is 0 Å². The van der Waals surface area contributed by atoms with Crippen molar-refractivity contribution < 1.29 is 13.2 Å². The van der Waals surface area contributed by atoms with Gasteiger partial charge in [0, 0.05) is 18.1 Å². The van der Waals surface area contributed by atoms with Crippen LogP contribution in [0.25, 0.3) is 0 Å². The van der Waals surface area contributed by atoms with Crippen molar-refractivity contribution in [2.45, 2.75) is 62.0 Å². The third kappa shape index (κ3) is 3.62. The van der Waals surface area contributed by atoms with E-state index in [9.17, 15) is 8.42 Å². The van der Waals surface area contributed by atoms with Crippen LogP contribution in [0.15, 0.2) is 29.2 Å². The van der Waals surface area contributed by atoms with Gasteiger partial charge in [0.1, 0.15) is 5.75 Å². The number of ether oxygens (including phenoxy) is 1. The number of fused-ring (bicyclic) bond motifs is 2. The van der Waals surface area contributed by atoms with Gasteiger partial charge in [-0.15, -0.1) is 0 Å². The Morgan fingerprint density at radius 2 is 1.82 bits per heavy atom. The second-order valence-corrected chi connectivity index (χ2v) is 7.96. The van der Waals surface area contributed by atoms with Crippen LogP contribution in [-0.2, 0) is 10.0 Å². The Bertz CT molecular complexity index is 588. The molecule has 122 valence electrons. The molecule has 1 aromatic carbocycles. The zero-order valence-corrected chi connectivity index (χ0v) is 13.7. The van der Waals surface area contributed by atoms with Gasteiger partial charge in [-0.1, -0.05) is 6.92 Å². The highest BCUT2D eigenvalue weighted by molar-refractivity contribution is 7.89. The lowest BCUT2D eigenvalue weighted by molar-refractivity contribution is 0.317. The van der Waals surface area contributed by atoms with Gasteiger partial charge in [0.15, 0.2) is 0 Å². The number of hydrogen-bond acceptors (Lipinski definition) is 4. The van der Waals surface area contributed by atoms with Gasteiger partial charge in [0.25, 0.3) is 0 Å². The summed E-state index contributed by atoms with van der Waals surface area (Å²) in [6, 6.07) is 7.64. The Morgan fingerprint density at radius 3 is 2.41 bits per heavy atom. The molecule has 0 aromatic heterocycles. The molecule has 2 unspecified atom stereocenters. The fourth-order valence-corrected chi connectivity index (χ4v) is 4.64. The van der Waals surface area contributed by atoms with Gasteiger partial charge in [-0.3, -0.25) is 0 Å². The van der Waals surface area contributed by atoms with E-state index in [0.29, 0.717) is 29.3 Å². The van der Waals surface area contributed by atoms with Crippen LogP contribution in [0.2, 0.25) is 0 Å². The minimum atomic E-state index is -3.45. The van der Waals surface area contributed by atoms with Gasteiger partial charge < -0.3 is 10.1 Å². The minimum absolute atomic E-state index is 0.0415. The van der Waals surface area contributed by atoms with E-state index in [1.165, 1.54) is 0 Å². The third-order valence-electron chi connectivity index (χ3n) is 4.40. The molecule has 2 aliphatic rings. The van der Waals surface area contributed by atoms with Crippen LogP contribution in [0.4, 0.5) is 0 Å². The predicted octanol–water partition coefficient (Wildman–Crippen LogP) is 2.04. The van der Waals surface area contributed by atoms with Crippen molar-refractivity contribution in [2.24, 2.45) is 0 Å². The van der Waals surface area contributed by atoms with Gasteiger partial charge in [-0.25, -0.2) is 13.1 Å². The molecule has 2 heterocycles. The molecule has 6 heteroatoms. The lowest BCUT2D eigenvalue weighted by atomic mass is 10.0. The number of rotatable bonds is 6. The molecule has 2 atom stereocenters. The summed E-state index contributed by atoms with van der Waals surface area (Å²) in [4.78, 5) is 0.308. The van der Waals surface area contributed by atoms with Crippen LogP contribution in [0.3, 0.4) is 0 Å². The van der Waals surface area contributed by atoms with Crippen LogP contribution < -0.4 is 14.8 Å². The minimum Gasteiger partial charge on any atom is -0.494 e. The number of sulfonamides is 1. The lowest BCUT2D eigenvalue weighted by Gasteiger charge is -2.29. The predicted molar refractivity (Wildman–Crippen MR) is 85.5 cm³/mol. The molecular formula is C16H24N2O3S. The highest BCUT2D eigenvalue weighted by atomic mass is 32.2. The quantitative estimate of drug-likeness (QED) is 0.840. The standard InChI is InChI=1S/C16H24N2O3S/c1-2-9-21-15-5-7-16(8-6-15)22(19,20)18-14-10-12-3-4-13(11-14)17-12/h5-8,12-14,17-18H,2-4,9-11H2,1H3. The molecule has 0 amide bonds. The summed E-state index contributed by atoms with van der Waals surface area (Å²) in [7, 11) is -3.45. The molecule has 2 fully saturated rings. The zero-order chi connectivity index (χ0) is 15.6. The maximum absolute atomic E-state index is 12.5. The summed E-state index contributed by atoms with van der Waals surface area (Å²) in [6.07, 6.45) is 5.01. The number of nitrogens with one attached hydrogen (secondary N) is 2. The SMILES string of the molecule is CCCOc1ccc(S(=O)(=O)NC2CC3CCC(C2)N3)cc1. The van der Waals surface area contributed by atoms with Crippen molar-refractivity contribution in [1.29, 1.82) is 0 Å². The van der Waals surface area contributed by atoms with Crippen LogP contribution in [0.5, 0.6) is 5.75 Å². The van der Waals surface area contributed by atoms with Gasteiger partial charge in [-0.05, 0) is 56.4 Å². The van der Waals surface area contributed by atoms with E-state index in [0.717, 1.165) is 32.1 Å². The van der Waals surface area contributed by atoms with E-state index in [4.69, 9.17) is 4.74 Å². The molecule has 2 aliphatic heterocycles. The summed E-state index contributed by atoms with van der Waals surface area (Å²) in [5, 5.41) is 3.52. The molecule has 5 nitrogen and oxygen atoms in total. The Balaban J connectivity index is 1.64. The van der Waals surface area contributed by atoms with E-state index in [1.807, 2.05) is 6.92 Å². The second-order valence-electron chi connectivity index (χ2n) is 6.25. The van der Waals surface area contributed by atoms with E-state index >= 15 is 0 Å². The van der Waals surface area contributed by atoms with Crippen molar-refractivity contribution in [3.8, 4) is 5.75 Å². The fraction of sp³-hybridized carbons (Fsp3) is 0.625. The average molecular weight is 324 g/mol. The Hall–Kier alpha value is -1.11. The van der Waals surface area contributed by atoms with E-state index < -0.39 is 10.0 Å². The normalized spacial score (nSPS) is 27.8. The van der Waals surface area contributed by atoms with Gasteiger partial charge >= 0.3 is 0 Å². The average Bonchev–Trinajstić information content (AvgIpc) is 2.84. The first kappa shape index (κ1) is 15.8. The molecule has 0 radical (unpaired) electrons. The van der Waals surface area contributed by atoms with Crippen molar-refractivity contribution >= 4 is 10.0 Å². The molecule has 2 bridgehead atoms. The highest BCUT2D eigenvalue weighted by Gasteiger charge is 2.35. The molecule has 0 saturated carbocycles. The summed E-state index contributed by atoms with van der Waals surface area (Å²) in [5.74, 6) is 0.709. The van der Waals surface area contributed by atoms with Crippen molar-refractivity contribution in [1.82, 2.24) is 10.0 Å². The Kier molecular flexibility index (Phi) is 4.70. The Labute approximate surface area is 132 Å². The maximum Gasteiger partial charge on any atom is 0.240 e. The van der Waals surface area contributed by atoms with Crippen LogP contribution in [0.1, 0.15) is 39.0 Å². The molecular weight excluding hydrogens is 300 g/mol. The topological polar surface area (TPSA) is 67.4 Å². The highest BCUT2D eigenvalue weighted by Crippen LogP contribution is 2.28. The van der Waals surface area contributed by atoms with E-state index in [1.54, 1.807) is 24.3 Å². The molecule has 1 aromatic rings. The maximum atomic E-state index is 12.5. The first-order valence-electron chi connectivity index (χ1n) is 8.08. The zero-order valence-electron chi connectivity index (χ0n) is 12.9. The van der Waals surface area contributed by atoms with Crippen LogP contribution >= 0.6 is 0 Å². The summed E-state index contributed by atoms with van der Waals surface area (Å²) in [6.45, 7) is 2.68. The van der Waals surface area contributed by atoms with E-state index in [2.05, 4.69) is 10.0 Å². The monoisotopic (exact) mass is 324 g/mol. The summed E-state index contributed by atoms with van der Waals surface area (Å²) in [5.41, 5.74) is 0. The summed E-state index contributed by atoms with van der Waals surface area (Å²) >= 11 is 0. The first-order chi connectivity index (χ1) is 10.6. The van der Waals surface area contributed by atoms with Crippen LogP contribution in [-0.4, -0.2) is 33.2 Å². The number of hydrogen-bond donors (Lipinski definition) is 2. The van der Waals surface area contributed by atoms with Crippen molar-refractivity contribution in [2.75, 3.05) is 6.61 Å². The summed E-state index contributed by atoms with van der Waals surface area (Å²) < 4.78 is 33.3. The molecule has 0 spiro atoms. The molecule has 2 N–H and O–H groups in total. The number of benzene rings is 1. The fourth-order valence-electron chi connectivity index (χ4n) is 3.38. The molecule has 0 aliphatic carbocycles.